The van der Waals surface area contributed by atoms with Crippen LogP contribution in [0, 0.1) is 6.92 Å². The first-order chi connectivity index (χ1) is 6.68. The number of nitrogens with two attached hydrogens (primary N) is 1. The van der Waals surface area contributed by atoms with Crippen molar-refractivity contribution in [3.05, 3.63) is 35.7 Å². The number of aromatic amines is 1. The van der Waals surface area contributed by atoms with Gasteiger partial charge in [0.15, 0.2) is 0 Å². The minimum Gasteiger partial charge on any atom is -0.463 e. The number of furan rings is 1. The predicted octanol–water partition coefficient (Wildman–Crippen LogP) is 1.68. The second-order valence-electron chi connectivity index (χ2n) is 3.06. The van der Waals surface area contributed by atoms with E-state index in [9.17, 15) is 4.79 Å². The van der Waals surface area contributed by atoms with Crippen molar-refractivity contribution in [1.82, 2.24) is 4.98 Å². The van der Waals surface area contributed by atoms with Gasteiger partial charge in [-0.1, -0.05) is 0 Å². The quantitative estimate of drug-likeness (QED) is 0.756. The first kappa shape index (κ1) is 8.62. The fourth-order valence-electron chi connectivity index (χ4n) is 1.38. The second kappa shape index (κ2) is 3.06. The molecule has 4 nitrogen and oxygen atoms in total. The number of nitrogens with one attached hydrogen (secondary N) is 1. The summed E-state index contributed by atoms with van der Waals surface area (Å²) >= 11 is 0. The number of primary amides is 1. The van der Waals surface area contributed by atoms with Crippen LogP contribution in [0.4, 0.5) is 0 Å². The lowest BCUT2D eigenvalue weighted by atomic mass is 10.2. The first-order valence-corrected chi connectivity index (χ1v) is 4.22. The molecule has 3 N–H and O–H groups in total. The van der Waals surface area contributed by atoms with E-state index in [1.54, 1.807) is 25.3 Å². The van der Waals surface area contributed by atoms with E-state index in [0.717, 1.165) is 11.4 Å². The summed E-state index contributed by atoms with van der Waals surface area (Å²) in [4.78, 5) is 14.0. The number of amides is 1. The van der Waals surface area contributed by atoms with Gasteiger partial charge in [0.2, 0.25) is 0 Å². The molecular weight excluding hydrogens is 180 g/mol. The third-order valence-corrected chi connectivity index (χ3v) is 2.07. The van der Waals surface area contributed by atoms with E-state index in [0.29, 0.717) is 11.3 Å². The first-order valence-electron chi connectivity index (χ1n) is 4.22. The zero-order chi connectivity index (χ0) is 10.1. The summed E-state index contributed by atoms with van der Waals surface area (Å²) < 4.78 is 5.18. The van der Waals surface area contributed by atoms with Gasteiger partial charge >= 0.3 is 0 Å². The number of carbonyl (C=O) groups is 1. The summed E-state index contributed by atoms with van der Waals surface area (Å²) in [5, 5.41) is 0. The Morgan fingerprint density at radius 1 is 1.57 bits per heavy atom. The van der Waals surface area contributed by atoms with Crippen molar-refractivity contribution in [3.63, 3.8) is 0 Å². The number of aromatic nitrogens is 1. The topological polar surface area (TPSA) is 72.0 Å². The summed E-state index contributed by atoms with van der Waals surface area (Å²) in [5.41, 5.74) is 7.21. The van der Waals surface area contributed by atoms with Crippen LogP contribution in [0.3, 0.4) is 0 Å². The molecule has 72 valence electrons. The molecule has 0 aliphatic carbocycles. The monoisotopic (exact) mass is 190 g/mol. The Bertz CT molecular complexity index is 454. The molecule has 0 spiro atoms. The number of rotatable bonds is 2. The lowest BCUT2D eigenvalue weighted by molar-refractivity contribution is 0.1000. The maximum absolute atomic E-state index is 11.0. The van der Waals surface area contributed by atoms with Crippen LogP contribution in [-0.2, 0) is 0 Å². The van der Waals surface area contributed by atoms with E-state index >= 15 is 0 Å². The van der Waals surface area contributed by atoms with Gasteiger partial charge in [-0.2, -0.15) is 0 Å². The SMILES string of the molecule is Cc1[nH]c(-c2ccco2)cc1C(N)=O. The highest BCUT2D eigenvalue weighted by molar-refractivity contribution is 5.95. The standard InChI is InChI=1S/C10H10N2O2/c1-6-7(10(11)13)5-8(12-6)9-3-2-4-14-9/h2-5,12H,1H3,(H2,11,13). The average molecular weight is 190 g/mol. The zero-order valence-electron chi connectivity index (χ0n) is 7.70. The highest BCUT2D eigenvalue weighted by Crippen LogP contribution is 2.21. The molecule has 2 heterocycles. The Balaban J connectivity index is 2.48. The molecule has 0 aliphatic heterocycles. The fourth-order valence-corrected chi connectivity index (χ4v) is 1.38. The molecule has 2 rings (SSSR count). The van der Waals surface area contributed by atoms with Crippen LogP contribution in [0.5, 0.6) is 0 Å². The van der Waals surface area contributed by atoms with Crippen LogP contribution in [0.2, 0.25) is 0 Å². The highest BCUT2D eigenvalue weighted by atomic mass is 16.3. The van der Waals surface area contributed by atoms with Crippen molar-refractivity contribution in [2.24, 2.45) is 5.73 Å². The highest BCUT2D eigenvalue weighted by Gasteiger charge is 2.11. The summed E-state index contributed by atoms with van der Waals surface area (Å²) in [6.45, 7) is 1.80. The van der Waals surface area contributed by atoms with Gasteiger partial charge in [-0.25, -0.2) is 0 Å². The molecule has 4 heteroatoms. The summed E-state index contributed by atoms with van der Waals surface area (Å²) in [7, 11) is 0. The minimum absolute atomic E-state index is 0.434. The summed E-state index contributed by atoms with van der Waals surface area (Å²) in [5.74, 6) is 0.261. The van der Waals surface area contributed by atoms with Crippen LogP contribution in [0.25, 0.3) is 11.5 Å². The van der Waals surface area contributed by atoms with Gasteiger partial charge in [-0.05, 0) is 25.1 Å². The molecule has 0 unspecified atom stereocenters. The second-order valence-corrected chi connectivity index (χ2v) is 3.06. The van der Waals surface area contributed by atoms with Crippen LogP contribution >= 0.6 is 0 Å². The van der Waals surface area contributed by atoms with Crippen molar-refractivity contribution < 1.29 is 9.21 Å². The van der Waals surface area contributed by atoms with Crippen LogP contribution in [-0.4, -0.2) is 10.9 Å². The molecule has 1 amide bonds. The zero-order valence-corrected chi connectivity index (χ0v) is 7.70. The molecule has 0 bridgehead atoms. The molecule has 0 fully saturated rings. The van der Waals surface area contributed by atoms with Crippen LogP contribution in [0.15, 0.2) is 28.9 Å². The molecule has 0 saturated carbocycles. The van der Waals surface area contributed by atoms with E-state index in [1.807, 2.05) is 6.07 Å². The van der Waals surface area contributed by atoms with E-state index in [4.69, 9.17) is 10.2 Å². The average Bonchev–Trinajstić information content (AvgIpc) is 2.70. The van der Waals surface area contributed by atoms with Gasteiger partial charge in [0.1, 0.15) is 5.76 Å². The van der Waals surface area contributed by atoms with E-state index in [1.165, 1.54) is 0 Å². The molecular formula is C10H10N2O2. The lowest BCUT2D eigenvalue weighted by Crippen LogP contribution is -2.10. The van der Waals surface area contributed by atoms with Crippen molar-refractivity contribution in [2.75, 3.05) is 0 Å². The Morgan fingerprint density at radius 2 is 2.36 bits per heavy atom. The Kier molecular flexibility index (Phi) is 1.89. The molecule has 0 saturated heterocycles. The molecule has 2 aromatic heterocycles. The fraction of sp³-hybridized carbons (Fsp3) is 0.100. The van der Waals surface area contributed by atoms with Gasteiger partial charge < -0.3 is 15.1 Å². The van der Waals surface area contributed by atoms with Crippen LogP contribution in [0.1, 0.15) is 16.1 Å². The van der Waals surface area contributed by atoms with Crippen molar-refractivity contribution in [1.29, 1.82) is 0 Å². The Labute approximate surface area is 80.7 Å². The van der Waals surface area contributed by atoms with Crippen molar-refractivity contribution in [2.45, 2.75) is 6.92 Å². The molecule has 2 aromatic rings. The van der Waals surface area contributed by atoms with Crippen molar-refractivity contribution in [3.8, 4) is 11.5 Å². The smallest absolute Gasteiger partial charge is 0.250 e. The molecule has 0 aromatic carbocycles. The number of H-pyrrole nitrogens is 1. The lowest BCUT2D eigenvalue weighted by Gasteiger charge is -1.88. The Hall–Kier alpha value is -1.97. The maximum Gasteiger partial charge on any atom is 0.250 e. The number of carbonyl (C=O) groups excluding carboxylic acids is 1. The van der Waals surface area contributed by atoms with E-state index in [-0.39, 0.29) is 0 Å². The summed E-state index contributed by atoms with van der Waals surface area (Å²) in [6, 6.07) is 5.29. The van der Waals surface area contributed by atoms with Crippen molar-refractivity contribution >= 4 is 5.91 Å². The maximum atomic E-state index is 11.0. The van der Waals surface area contributed by atoms with E-state index in [2.05, 4.69) is 4.98 Å². The van der Waals surface area contributed by atoms with Crippen LogP contribution < -0.4 is 5.73 Å². The third-order valence-electron chi connectivity index (χ3n) is 2.07. The minimum atomic E-state index is -0.434. The van der Waals surface area contributed by atoms with Gasteiger partial charge in [-0.15, -0.1) is 0 Å². The predicted molar refractivity (Wildman–Crippen MR) is 51.7 cm³/mol. The van der Waals surface area contributed by atoms with Gasteiger partial charge in [-0.3, -0.25) is 4.79 Å². The molecule has 0 radical (unpaired) electrons. The normalized spacial score (nSPS) is 10.4. The number of hydrogen-bond donors (Lipinski definition) is 2. The molecule has 0 atom stereocenters. The van der Waals surface area contributed by atoms with E-state index < -0.39 is 5.91 Å². The molecule has 0 aliphatic rings. The van der Waals surface area contributed by atoms with Gasteiger partial charge in [0.25, 0.3) is 5.91 Å². The summed E-state index contributed by atoms with van der Waals surface area (Å²) in [6.07, 6.45) is 1.58. The number of hydrogen-bond acceptors (Lipinski definition) is 2. The molecule has 14 heavy (non-hydrogen) atoms. The largest absolute Gasteiger partial charge is 0.463 e. The third kappa shape index (κ3) is 1.31. The number of aryl methyl sites for hydroxylation is 1. The van der Waals surface area contributed by atoms with Gasteiger partial charge in [0, 0.05) is 5.69 Å². The Morgan fingerprint density at radius 3 is 2.86 bits per heavy atom. The van der Waals surface area contributed by atoms with Gasteiger partial charge in [0.05, 0.1) is 17.5 Å².